The van der Waals surface area contributed by atoms with Gasteiger partial charge in [-0.15, -0.1) is 5.10 Å². The van der Waals surface area contributed by atoms with Crippen molar-refractivity contribution in [3.63, 3.8) is 0 Å². The standard InChI is InChI=1S/C19H24F3N5O5/c1-9(23)17(30)24-14-16(29)15(28)13(32-18(14)31-2)8-27-7-12(25-26-27)10-4-3-5-11(6-10)19(20,21)22/h3-7,9,13-16,18,28-29H,8,23H2,1-2H3,(H,24,30)/t9-,13?,14?,15?,16?,18?/m0/s1. The van der Waals surface area contributed by atoms with Crippen LogP contribution in [0.4, 0.5) is 13.2 Å². The maximum Gasteiger partial charge on any atom is 0.416 e. The van der Waals surface area contributed by atoms with Crippen LogP contribution in [0.3, 0.4) is 0 Å². The Bertz CT molecular complexity index is 936. The van der Waals surface area contributed by atoms with Gasteiger partial charge in [0, 0.05) is 12.7 Å². The Kier molecular flexibility index (Phi) is 7.15. The minimum absolute atomic E-state index is 0.0853. The summed E-state index contributed by atoms with van der Waals surface area (Å²) in [6.07, 6.45) is -8.06. The van der Waals surface area contributed by atoms with Gasteiger partial charge >= 0.3 is 6.18 Å². The highest BCUT2D eigenvalue weighted by atomic mass is 19.4. The summed E-state index contributed by atoms with van der Waals surface area (Å²) < 4.78 is 51.0. The van der Waals surface area contributed by atoms with Crippen molar-refractivity contribution < 1.29 is 37.7 Å². The third-order valence-corrected chi connectivity index (χ3v) is 5.05. The highest BCUT2D eigenvalue weighted by Crippen LogP contribution is 2.31. The summed E-state index contributed by atoms with van der Waals surface area (Å²) in [7, 11) is 1.30. The maximum absolute atomic E-state index is 12.9. The summed E-state index contributed by atoms with van der Waals surface area (Å²) in [5.74, 6) is -0.563. The van der Waals surface area contributed by atoms with Gasteiger partial charge in [0.05, 0.1) is 24.3 Å². The molecular weight excluding hydrogens is 435 g/mol. The van der Waals surface area contributed by atoms with E-state index in [-0.39, 0.29) is 17.8 Å². The molecule has 1 aromatic heterocycles. The Morgan fingerprint density at radius 2 is 2.09 bits per heavy atom. The number of halogens is 3. The molecule has 3 rings (SSSR count). The predicted octanol–water partition coefficient (Wildman–Crippen LogP) is -0.111. The highest BCUT2D eigenvalue weighted by molar-refractivity contribution is 5.81. The van der Waals surface area contributed by atoms with Crippen molar-refractivity contribution in [2.45, 2.75) is 56.3 Å². The molecule has 0 spiro atoms. The van der Waals surface area contributed by atoms with Crippen LogP contribution in [0.1, 0.15) is 12.5 Å². The van der Waals surface area contributed by atoms with Crippen LogP contribution in [-0.2, 0) is 27.0 Å². The summed E-state index contributed by atoms with van der Waals surface area (Å²) in [5.41, 5.74) is 5.10. The minimum atomic E-state index is -4.50. The molecule has 0 saturated carbocycles. The molecule has 10 nitrogen and oxygen atoms in total. The topological polar surface area (TPSA) is 145 Å². The van der Waals surface area contributed by atoms with E-state index in [0.29, 0.717) is 0 Å². The average Bonchev–Trinajstić information content (AvgIpc) is 3.21. The lowest BCUT2D eigenvalue weighted by Crippen LogP contribution is -2.65. The number of benzene rings is 1. The van der Waals surface area contributed by atoms with Gasteiger partial charge in [0.15, 0.2) is 6.29 Å². The molecule has 176 valence electrons. The third-order valence-electron chi connectivity index (χ3n) is 5.05. The first-order chi connectivity index (χ1) is 15.0. The van der Waals surface area contributed by atoms with E-state index in [9.17, 15) is 28.2 Å². The predicted molar refractivity (Wildman–Crippen MR) is 104 cm³/mol. The van der Waals surface area contributed by atoms with Crippen molar-refractivity contribution in [1.82, 2.24) is 20.3 Å². The van der Waals surface area contributed by atoms with Gasteiger partial charge in [0.25, 0.3) is 0 Å². The number of carbonyl (C=O) groups is 1. The average molecular weight is 459 g/mol. The molecule has 2 heterocycles. The van der Waals surface area contributed by atoms with Crippen LogP contribution in [0.2, 0.25) is 0 Å². The van der Waals surface area contributed by atoms with Gasteiger partial charge in [-0.25, -0.2) is 4.68 Å². The number of nitrogens with two attached hydrogens (primary N) is 1. The lowest BCUT2D eigenvalue weighted by molar-refractivity contribution is -0.259. The zero-order valence-electron chi connectivity index (χ0n) is 17.2. The second kappa shape index (κ2) is 9.50. The number of alkyl halides is 3. The van der Waals surface area contributed by atoms with E-state index in [1.807, 2.05) is 0 Å². The Balaban J connectivity index is 1.73. The van der Waals surface area contributed by atoms with E-state index in [1.165, 1.54) is 37.0 Å². The summed E-state index contributed by atoms with van der Waals surface area (Å²) in [5, 5.41) is 31.2. The Labute approximate surface area is 181 Å². The molecule has 2 aromatic rings. The van der Waals surface area contributed by atoms with Gasteiger partial charge in [-0.3, -0.25) is 4.79 Å². The maximum atomic E-state index is 12.9. The number of carbonyl (C=O) groups excluding carboxylic acids is 1. The molecule has 1 aliphatic heterocycles. The largest absolute Gasteiger partial charge is 0.416 e. The van der Waals surface area contributed by atoms with Gasteiger partial charge in [-0.05, 0) is 19.1 Å². The van der Waals surface area contributed by atoms with Crippen LogP contribution in [0, 0.1) is 0 Å². The Morgan fingerprint density at radius 3 is 2.72 bits per heavy atom. The lowest BCUT2D eigenvalue weighted by atomic mass is 9.96. The molecule has 5 unspecified atom stereocenters. The normalized spacial score (nSPS) is 27.2. The second-order valence-electron chi connectivity index (χ2n) is 7.49. The number of ether oxygens (including phenoxy) is 2. The van der Waals surface area contributed by atoms with Gasteiger partial charge in [-0.1, -0.05) is 17.3 Å². The van der Waals surface area contributed by atoms with Crippen LogP contribution in [0.5, 0.6) is 0 Å². The number of methoxy groups -OCH3 is 1. The molecule has 0 radical (unpaired) electrons. The number of aromatic nitrogens is 3. The number of aliphatic hydroxyl groups is 2. The van der Waals surface area contributed by atoms with Crippen LogP contribution in [0.25, 0.3) is 11.3 Å². The third kappa shape index (κ3) is 5.24. The molecule has 1 aliphatic rings. The van der Waals surface area contributed by atoms with Crippen molar-refractivity contribution >= 4 is 5.91 Å². The number of nitrogens with one attached hydrogen (secondary N) is 1. The smallest absolute Gasteiger partial charge is 0.388 e. The van der Waals surface area contributed by atoms with E-state index < -0.39 is 54.3 Å². The minimum Gasteiger partial charge on any atom is -0.388 e. The molecule has 6 atom stereocenters. The molecule has 0 bridgehead atoms. The van der Waals surface area contributed by atoms with Crippen LogP contribution >= 0.6 is 0 Å². The van der Waals surface area contributed by atoms with Crippen molar-refractivity contribution in [2.24, 2.45) is 5.73 Å². The van der Waals surface area contributed by atoms with E-state index >= 15 is 0 Å². The number of hydrogen-bond acceptors (Lipinski definition) is 8. The van der Waals surface area contributed by atoms with Crippen molar-refractivity contribution in [3.8, 4) is 11.3 Å². The molecule has 13 heteroatoms. The molecule has 1 fully saturated rings. The number of amides is 1. The molecular formula is C19H24F3N5O5. The quantitative estimate of drug-likeness (QED) is 0.468. The van der Waals surface area contributed by atoms with E-state index in [4.69, 9.17) is 15.2 Å². The first-order valence-electron chi connectivity index (χ1n) is 9.69. The first kappa shape index (κ1) is 24.1. The fourth-order valence-electron chi connectivity index (χ4n) is 3.29. The lowest BCUT2D eigenvalue weighted by Gasteiger charge is -2.42. The van der Waals surface area contributed by atoms with Crippen molar-refractivity contribution in [3.05, 3.63) is 36.0 Å². The van der Waals surface area contributed by atoms with Gasteiger partial charge in [-0.2, -0.15) is 13.2 Å². The highest BCUT2D eigenvalue weighted by Gasteiger charge is 2.45. The zero-order chi connectivity index (χ0) is 23.6. The fourth-order valence-corrected chi connectivity index (χ4v) is 3.29. The molecule has 5 N–H and O–H groups in total. The molecule has 1 saturated heterocycles. The van der Waals surface area contributed by atoms with Crippen molar-refractivity contribution in [2.75, 3.05) is 7.11 Å². The van der Waals surface area contributed by atoms with E-state index in [2.05, 4.69) is 15.6 Å². The SMILES string of the molecule is COC1OC(Cn2cc(-c3cccc(C(F)(F)F)c3)nn2)C(O)C(O)C1NC(=O)[C@H](C)N. The second-order valence-corrected chi connectivity index (χ2v) is 7.49. The molecule has 1 amide bonds. The summed E-state index contributed by atoms with van der Waals surface area (Å²) >= 11 is 0. The molecule has 32 heavy (non-hydrogen) atoms. The van der Waals surface area contributed by atoms with Gasteiger partial charge in [0.1, 0.15) is 30.0 Å². The monoisotopic (exact) mass is 459 g/mol. The zero-order valence-corrected chi connectivity index (χ0v) is 17.2. The number of hydrogen-bond donors (Lipinski definition) is 4. The first-order valence-corrected chi connectivity index (χ1v) is 9.69. The fraction of sp³-hybridized carbons (Fsp3) is 0.526. The Morgan fingerprint density at radius 1 is 1.38 bits per heavy atom. The number of nitrogens with zero attached hydrogens (tertiary/aromatic N) is 3. The van der Waals surface area contributed by atoms with Gasteiger partial charge < -0.3 is 30.7 Å². The van der Waals surface area contributed by atoms with Crippen molar-refractivity contribution in [1.29, 1.82) is 0 Å². The number of aliphatic hydroxyl groups excluding tert-OH is 2. The van der Waals surface area contributed by atoms with E-state index in [1.54, 1.807) is 0 Å². The van der Waals surface area contributed by atoms with Crippen LogP contribution < -0.4 is 11.1 Å². The van der Waals surface area contributed by atoms with Crippen LogP contribution in [-0.4, -0.2) is 74.9 Å². The Hall–Kier alpha value is -2.58. The number of rotatable bonds is 6. The molecule has 0 aliphatic carbocycles. The summed E-state index contributed by atoms with van der Waals surface area (Å²) in [4.78, 5) is 11.9. The summed E-state index contributed by atoms with van der Waals surface area (Å²) in [6.45, 7) is 1.37. The molecule has 1 aromatic carbocycles. The summed E-state index contributed by atoms with van der Waals surface area (Å²) in [6, 6.07) is 2.72. The van der Waals surface area contributed by atoms with Crippen LogP contribution in [0.15, 0.2) is 30.5 Å². The van der Waals surface area contributed by atoms with Gasteiger partial charge in [0.2, 0.25) is 5.91 Å². The van der Waals surface area contributed by atoms with E-state index in [0.717, 1.165) is 12.1 Å².